The topological polar surface area (TPSA) is 74.4 Å². The van der Waals surface area contributed by atoms with Crippen LogP contribution in [-0.4, -0.2) is 54.0 Å². The van der Waals surface area contributed by atoms with Gasteiger partial charge in [0.05, 0.1) is 13.2 Å². The highest BCUT2D eigenvalue weighted by atomic mass is 16.5. The van der Waals surface area contributed by atoms with E-state index < -0.39 is 6.04 Å². The number of hydrogen-bond donors (Lipinski definition) is 2. The van der Waals surface area contributed by atoms with Gasteiger partial charge < -0.3 is 19.9 Å². The smallest absolute Gasteiger partial charge is 0.252 e. The first kappa shape index (κ1) is 16.5. The van der Waals surface area contributed by atoms with Crippen LogP contribution in [0.5, 0.6) is 0 Å². The van der Waals surface area contributed by atoms with Crippen molar-refractivity contribution >= 4 is 22.7 Å². The van der Waals surface area contributed by atoms with Crippen LogP contribution in [0.25, 0.3) is 10.9 Å². The molecular formula is C18H23N3O3. The van der Waals surface area contributed by atoms with Gasteiger partial charge in [-0.05, 0) is 29.5 Å². The van der Waals surface area contributed by atoms with Crippen LogP contribution in [0.4, 0.5) is 0 Å². The Kier molecular flexibility index (Phi) is 4.85. The van der Waals surface area contributed by atoms with Gasteiger partial charge in [0.25, 0.3) is 5.91 Å². The van der Waals surface area contributed by atoms with Crippen molar-refractivity contribution in [2.45, 2.75) is 19.9 Å². The minimum Gasteiger partial charge on any atom is -0.378 e. The van der Waals surface area contributed by atoms with Crippen molar-refractivity contribution in [2.75, 3.05) is 26.3 Å². The van der Waals surface area contributed by atoms with E-state index in [1.165, 1.54) is 0 Å². The van der Waals surface area contributed by atoms with Crippen molar-refractivity contribution in [1.82, 2.24) is 15.2 Å². The zero-order valence-electron chi connectivity index (χ0n) is 14.0. The lowest BCUT2D eigenvalue weighted by Gasteiger charge is -2.32. The van der Waals surface area contributed by atoms with Gasteiger partial charge in [-0.2, -0.15) is 0 Å². The first-order valence-electron chi connectivity index (χ1n) is 8.31. The second kappa shape index (κ2) is 7.05. The second-order valence-electron chi connectivity index (χ2n) is 6.41. The maximum atomic E-state index is 12.7. The summed E-state index contributed by atoms with van der Waals surface area (Å²) >= 11 is 0. The molecule has 1 unspecified atom stereocenters. The van der Waals surface area contributed by atoms with Crippen molar-refractivity contribution in [2.24, 2.45) is 5.92 Å². The Morgan fingerprint density at radius 1 is 1.21 bits per heavy atom. The van der Waals surface area contributed by atoms with Crippen LogP contribution in [0.2, 0.25) is 0 Å². The van der Waals surface area contributed by atoms with Crippen LogP contribution in [0, 0.1) is 5.92 Å². The third kappa shape index (κ3) is 3.43. The summed E-state index contributed by atoms with van der Waals surface area (Å²) < 4.78 is 5.29. The molecule has 2 aromatic rings. The van der Waals surface area contributed by atoms with E-state index in [9.17, 15) is 9.59 Å². The Morgan fingerprint density at radius 2 is 1.96 bits per heavy atom. The van der Waals surface area contributed by atoms with Gasteiger partial charge in [0.15, 0.2) is 0 Å². The van der Waals surface area contributed by atoms with Gasteiger partial charge in [-0.3, -0.25) is 9.59 Å². The van der Waals surface area contributed by atoms with Crippen LogP contribution in [-0.2, 0) is 9.53 Å². The third-order valence-electron chi connectivity index (χ3n) is 4.36. The fourth-order valence-corrected chi connectivity index (χ4v) is 2.91. The number of carbonyl (C=O) groups excluding carboxylic acids is 2. The van der Waals surface area contributed by atoms with Crippen LogP contribution < -0.4 is 5.32 Å². The van der Waals surface area contributed by atoms with Gasteiger partial charge in [0.1, 0.15) is 6.04 Å². The quantitative estimate of drug-likeness (QED) is 0.898. The summed E-state index contributed by atoms with van der Waals surface area (Å²) in [5.41, 5.74) is 1.45. The summed E-state index contributed by atoms with van der Waals surface area (Å²) in [4.78, 5) is 30.2. The maximum absolute atomic E-state index is 12.7. The van der Waals surface area contributed by atoms with Gasteiger partial charge in [-0.1, -0.05) is 19.9 Å². The summed E-state index contributed by atoms with van der Waals surface area (Å²) in [6.07, 6.45) is 1.84. The molecule has 1 aromatic heterocycles. The average molecular weight is 329 g/mol. The maximum Gasteiger partial charge on any atom is 0.252 e. The Balaban J connectivity index is 1.74. The molecule has 128 valence electrons. The first-order valence-corrected chi connectivity index (χ1v) is 8.31. The number of nitrogens with one attached hydrogen (secondary N) is 2. The predicted octanol–water partition coefficient (Wildman–Crippen LogP) is 1.78. The van der Waals surface area contributed by atoms with E-state index in [1.54, 1.807) is 17.0 Å². The molecule has 1 aliphatic rings. The number of carbonyl (C=O) groups is 2. The van der Waals surface area contributed by atoms with Crippen LogP contribution in [0.3, 0.4) is 0 Å². The summed E-state index contributed by atoms with van der Waals surface area (Å²) in [5.74, 6) is -0.257. The molecule has 0 spiro atoms. The van der Waals surface area contributed by atoms with Crippen LogP contribution >= 0.6 is 0 Å². The number of morpholine rings is 1. The van der Waals surface area contributed by atoms with Gasteiger partial charge in [-0.25, -0.2) is 0 Å². The van der Waals surface area contributed by atoms with Crippen molar-refractivity contribution in [1.29, 1.82) is 0 Å². The number of hydrogen-bond acceptors (Lipinski definition) is 3. The minimum absolute atomic E-state index is 0.0125. The van der Waals surface area contributed by atoms with Crippen molar-refractivity contribution < 1.29 is 14.3 Å². The summed E-state index contributed by atoms with van der Waals surface area (Å²) in [6, 6.07) is 6.91. The van der Waals surface area contributed by atoms with E-state index >= 15 is 0 Å². The van der Waals surface area contributed by atoms with E-state index in [1.807, 2.05) is 32.2 Å². The van der Waals surface area contributed by atoms with Gasteiger partial charge in [0, 0.05) is 30.4 Å². The highest BCUT2D eigenvalue weighted by Crippen LogP contribution is 2.15. The highest BCUT2D eigenvalue weighted by molar-refractivity contribution is 6.00. The number of benzene rings is 1. The monoisotopic (exact) mass is 329 g/mol. The molecule has 1 atom stereocenters. The molecular weight excluding hydrogens is 306 g/mol. The lowest BCUT2D eigenvalue weighted by atomic mass is 10.0. The molecule has 6 nitrogen and oxygen atoms in total. The number of ether oxygens (including phenoxy) is 1. The number of aromatic amines is 1. The fourth-order valence-electron chi connectivity index (χ4n) is 2.91. The lowest BCUT2D eigenvalue weighted by molar-refractivity contribution is -0.138. The normalized spacial score (nSPS) is 16.4. The van der Waals surface area contributed by atoms with E-state index in [0.29, 0.717) is 31.9 Å². The molecule has 6 heteroatoms. The first-order chi connectivity index (χ1) is 11.6. The van der Waals surface area contributed by atoms with Crippen LogP contribution in [0.1, 0.15) is 24.2 Å². The van der Waals surface area contributed by atoms with E-state index in [0.717, 1.165) is 10.9 Å². The molecule has 0 aliphatic carbocycles. The summed E-state index contributed by atoms with van der Waals surface area (Å²) in [6.45, 7) is 6.13. The zero-order valence-corrected chi connectivity index (χ0v) is 14.0. The van der Waals surface area contributed by atoms with Gasteiger partial charge in [-0.15, -0.1) is 0 Å². The van der Waals surface area contributed by atoms with Crippen molar-refractivity contribution in [3.05, 3.63) is 36.0 Å². The van der Waals surface area contributed by atoms with E-state index in [2.05, 4.69) is 10.3 Å². The molecule has 1 saturated heterocycles. The van der Waals surface area contributed by atoms with E-state index in [-0.39, 0.29) is 17.7 Å². The molecule has 2 N–H and O–H groups in total. The Hall–Kier alpha value is -2.34. The molecule has 0 saturated carbocycles. The number of amides is 2. The molecule has 24 heavy (non-hydrogen) atoms. The molecule has 3 rings (SSSR count). The van der Waals surface area contributed by atoms with Gasteiger partial charge in [0.2, 0.25) is 5.91 Å². The zero-order chi connectivity index (χ0) is 17.1. The van der Waals surface area contributed by atoms with E-state index in [4.69, 9.17) is 4.74 Å². The second-order valence-corrected chi connectivity index (χ2v) is 6.41. The minimum atomic E-state index is -0.532. The predicted molar refractivity (Wildman–Crippen MR) is 91.8 cm³/mol. The number of rotatable bonds is 4. The molecule has 1 fully saturated rings. The fraction of sp³-hybridized carbons (Fsp3) is 0.444. The molecule has 2 heterocycles. The average Bonchev–Trinajstić information content (AvgIpc) is 3.07. The number of H-pyrrole nitrogens is 1. The number of aromatic nitrogens is 1. The van der Waals surface area contributed by atoms with Crippen molar-refractivity contribution in [3.8, 4) is 0 Å². The molecule has 0 radical (unpaired) electrons. The molecule has 0 bridgehead atoms. The molecule has 1 aliphatic heterocycles. The van der Waals surface area contributed by atoms with Gasteiger partial charge >= 0.3 is 0 Å². The number of nitrogens with zero attached hydrogens (tertiary/aromatic N) is 1. The Labute approximate surface area is 141 Å². The third-order valence-corrected chi connectivity index (χ3v) is 4.36. The van der Waals surface area contributed by atoms with Crippen molar-refractivity contribution in [3.63, 3.8) is 0 Å². The summed E-state index contributed by atoms with van der Waals surface area (Å²) in [7, 11) is 0. The lowest BCUT2D eigenvalue weighted by Crippen LogP contribution is -2.53. The molecule has 1 aromatic carbocycles. The standard InChI is InChI=1S/C18H23N3O3/c1-12(2)16(18(23)21-7-9-24-10-8-21)20-17(22)14-4-3-13-5-6-19-15(13)11-14/h3-6,11-12,16,19H,7-10H2,1-2H3,(H,20,22). The number of fused-ring (bicyclic) bond motifs is 1. The summed E-state index contributed by atoms with van der Waals surface area (Å²) in [5, 5.41) is 3.95. The highest BCUT2D eigenvalue weighted by Gasteiger charge is 2.29. The largest absolute Gasteiger partial charge is 0.378 e. The Morgan fingerprint density at radius 3 is 2.67 bits per heavy atom. The Bertz CT molecular complexity index is 732. The SMILES string of the molecule is CC(C)C(NC(=O)c1ccc2cc[nH]c2c1)C(=O)N1CCOCC1. The molecule has 2 amide bonds. The van der Waals surface area contributed by atoms with Crippen LogP contribution in [0.15, 0.2) is 30.5 Å².